The van der Waals surface area contributed by atoms with E-state index in [1.54, 1.807) is 7.11 Å². The van der Waals surface area contributed by atoms with Crippen molar-refractivity contribution in [3.63, 3.8) is 0 Å². The number of nitrogens with one attached hydrogen (secondary N) is 1. The average Bonchev–Trinajstić information content (AvgIpc) is 2.37. The Bertz CT molecular complexity index is 308. The van der Waals surface area contributed by atoms with Crippen molar-refractivity contribution in [1.29, 1.82) is 0 Å². The molecule has 5 atom stereocenters. The predicted octanol–water partition coefficient (Wildman–Crippen LogP) is 2.12. The van der Waals surface area contributed by atoms with Gasteiger partial charge in [-0.25, -0.2) is 0 Å². The molecule has 0 aromatic heterocycles. The lowest BCUT2D eigenvalue weighted by molar-refractivity contribution is -0.146. The molecule has 0 unspecified atom stereocenters. The Morgan fingerprint density at radius 3 is 2.74 bits per heavy atom. The molecule has 1 N–H and O–H groups in total. The zero-order valence-corrected chi connectivity index (χ0v) is 12.4. The van der Waals surface area contributed by atoms with Crippen LogP contribution in [0.3, 0.4) is 0 Å². The standard InChI is InChI=1S/C15H27NO3/c1-4-19-13-9-12(14(13)18-3)16-15(17)11-7-5-6-10(2)8-11/h10-14H,4-9H2,1-3H3,(H,16,17)/t10-,11-,12+,13-,14+/m1/s1. The summed E-state index contributed by atoms with van der Waals surface area (Å²) in [5.41, 5.74) is 0. The summed E-state index contributed by atoms with van der Waals surface area (Å²) in [4.78, 5) is 12.3. The van der Waals surface area contributed by atoms with E-state index in [0.29, 0.717) is 12.5 Å². The van der Waals surface area contributed by atoms with Crippen molar-refractivity contribution in [3.8, 4) is 0 Å². The fraction of sp³-hybridized carbons (Fsp3) is 0.933. The van der Waals surface area contributed by atoms with E-state index in [0.717, 1.165) is 19.3 Å². The van der Waals surface area contributed by atoms with Crippen molar-refractivity contribution in [2.75, 3.05) is 13.7 Å². The highest BCUT2D eigenvalue weighted by molar-refractivity contribution is 5.79. The van der Waals surface area contributed by atoms with Gasteiger partial charge < -0.3 is 14.8 Å². The Hall–Kier alpha value is -0.610. The molecule has 0 aliphatic heterocycles. The summed E-state index contributed by atoms with van der Waals surface area (Å²) in [6.45, 7) is 4.93. The Labute approximate surface area is 116 Å². The Morgan fingerprint density at radius 1 is 1.32 bits per heavy atom. The zero-order valence-electron chi connectivity index (χ0n) is 12.4. The van der Waals surface area contributed by atoms with E-state index in [-0.39, 0.29) is 30.1 Å². The van der Waals surface area contributed by atoms with Crippen LogP contribution in [-0.2, 0) is 14.3 Å². The van der Waals surface area contributed by atoms with Gasteiger partial charge in [0, 0.05) is 19.6 Å². The molecule has 0 bridgehead atoms. The summed E-state index contributed by atoms with van der Waals surface area (Å²) in [7, 11) is 1.69. The molecule has 4 heteroatoms. The predicted molar refractivity (Wildman–Crippen MR) is 73.9 cm³/mol. The van der Waals surface area contributed by atoms with Gasteiger partial charge in [-0.1, -0.05) is 19.8 Å². The molecule has 2 aliphatic carbocycles. The average molecular weight is 269 g/mol. The van der Waals surface area contributed by atoms with Gasteiger partial charge in [0.1, 0.15) is 6.10 Å². The van der Waals surface area contributed by atoms with Crippen LogP contribution < -0.4 is 5.32 Å². The van der Waals surface area contributed by atoms with E-state index in [4.69, 9.17) is 9.47 Å². The molecule has 110 valence electrons. The second-order valence-electron chi connectivity index (χ2n) is 6.01. The third kappa shape index (κ3) is 3.48. The van der Waals surface area contributed by atoms with E-state index in [2.05, 4.69) is 12.2 Å². The van der Waals surface area contributed by atoms with Crippen LogP contribution in [0.5, 0.6) is 0 Å². The summed E-state index contributed by atoms with van der Waals surface area (Å²) >= 11 is 0. The summed E-state index contributed by atoms with van der Waals surface area (Å²) in [5.74, 6) is 1.10. The van der Waals surface area contributed by atoms with Crippen molar-refractivity contribution < 1.29 is 14.3 Å². The van der Waals surface area contributed by atoms with Gasteiger partial charge in [0.25, 0.3) is 0 Å². The number of hydrogen-bond donors (Lipinski definition) is 1. The number of rotatable bonds is 5. The van der Waals surface area contributed by atoms with Crippen LogP contribution in [0.15, 0.2) is 0 Å². The van der Waals surface area contributed by atoms with E-state index >= 15 is 0 Å². The molecule has 2 fully saturated rings. The molecule has 2 aliphatic rings. The smallest absolute Gasteiger partial charge is 0.223 e. The Morgan fingerprint density at radius 2 is 2.11 bits per heavy atom. The van der Waals surface area contributed by atoms with Gasteiger partial charge in [-0.15, -0.1) is 0 Å². The highest BCUT2D eigenvalue weighted by Gasteiger charge is 2.43. The van der Waals surface area contributed by atoms with Gasteiger partial charge in [0.15, 0.2) is 0 Å². The molecule has 19 heavy (non-hydrogen) atoms. The minimum atomic E-state index is 0.0184. The van der Waals surface area contributed by atoms with Crippen molar-refractivity contribution in [2.24, 2.45) is 11.8 Å². The number of carbonyl (C=O) groups excluding carboxylic acids is 1. The molecule has 4 nitrogen and oxygen atoms in total. The minimum absolute atomic E-state index is 0.0184. The molecule has 0 aromatic rings. The number of methoxy groups -OCH3 is 1. The van der Waals surface area contributed by atoms with Crippen LogP contribution in [0.2, 0.25) is 0 Å². The summed E-state index contributed by atoms with van der Waals surface area (Å²) in [5, 5.41) is 3.15. The van der Waals surface area contributed by atoms with Crippen LogP contribution in [0, 0.1) is 11.8 Å². The number of hydrogen-bond acceptors (Lipinski definition) is 3. The van der Waals surface area contributed by atoms with Gasteiger partial charge in [0.05, 0.1) is 12.1 Å². The second-order valence-corrected chi connectivity index (χ2v) is 6.01. The quantitative estimate of drug-likeness (QED) is 0.831. The first-order valence-electron chi connectivity index (χ1n) is 7.60. The largest absolute Gasteiger partial charge is 0.377 e. The van der Waals surface area contributed by atoms with E-state index < -0.39 is 0 Å². The van der Waals surface area contributed by atoms with Crippen molar-refractivity contribution in [3.05, 3.63) is 0 Å². The van der Waals surface area contributed by atoms with Gasteiger partial charge in [-0.05, 0) is 32.1 Å². The number of carbonyl (C=O) groups is 1. The van der Waals surface area contributed by atoms with E-state index in [1.165, 1.54) is 12.8 Å². The number of amides is 1. The van der Waals surface area contributed by atoms with Crippen LogP contribution in [0.4, 0.5) is 0 Å². The molecule has 1 amide bonds. The van der Waals surface area contributed by atoms with Gasteiger partial charge in [-0.2, -0.15) is 0 Å². The topological polar surface area (TPSA) is 47.6 Å². The van der Waals surface area contributed by atoms with Gasteiger partial charge in [0.2, 0.25) is 5.91 Å². The fourth-order valence-electron chi connectivity index (χ4n) is 3.39. The first kappa shape index (κ1) is 14.8. The van der Waals surface area contributed by atoms with Crippen LogP contribution in [0.1, 0.15) is 46.0 Å². The molecule has 0 spiro atoms. The zero-order chi connectivity index (χ0) is 13.8. The van der Waals surface area contributed by atoms with Crippen molar-refractivity contribution in [2.45, 2.75) is 64.2 Å². The first-order chi connectivity index (χ1) is 9.15. The third-order valence-electron chi connectivity index (χ3n) is 4.54. The molecular formula is C15H27NO3. The first-order valence-corrected chi connectivity index (χ1v) is 7.60. The van der Waals surface area contributed by atoms with E-state index in [9.17, 15) is 4.79 Å². The fourth-order valence-corrected chi connectivity index (χ4v) is 3.39. The molecule has 0 heterocycles. The maximum absolute atomic E-state index is 12.3. The van der Waals surface area contributed by atoms with Crippen molar-refractivity contribution in [1.82, 2.24) is 5.32 Å². The second kappa shape index (κ2) is 6.71. The Balaban J connectivity index is 1.79. The summed E-state index contributed by atoms with van der Waals surface area (Å²) in [6.07, 6.45) is 5.55. The van der Waals surface area contributed by atoms with Crippen LogP contribution >= 0.6 is 0 Å². The third-order valence-corrected chi connectivity index (χ3v) is 4.54. The Kier molecular flexibility index (Phi) is 5.22. The lowest BCUT2D eigenvalue weighted by atomic mass is 9.80. The lowest BCUT2D eigenvalue weighted by Gasteiger charge is -2.44. The lowest BCUT2D eigenvalue weighted by Crippen LogP contribution is -2.61. The maximum atomic E-state index is 12.3. The minimum Gasteiger partial charge on any atom is -0.377 e. The van der Waals surface area contributed by atoms with Crippen molar-refractivity contribution >= 4 is 5.91 Å². The van der Waals surface area contributed by atoms with Gasteiger partial charge >= 0.3 is 0 Å². The summed E-state index contributed by atoms with van der Waals surface area (Å²) in [6, 6.07) is 0.131. The van der Waals surface area contributed by atoms with Crippen LogP contribution in [0.25, 0.3) is 0 Å². The molecule has 0 aromatic carbocycles. The highest BCUT2D eigenvalue weighted by Crippen LogP contribution is 2.31. The molecular weight excluding hydrogens is 242 g/mol. The van der Waals surface area contributed by atoms with Gasteiger partial charge in [-0.3, -0.25) is 4.79 Å². The molecule has 2 rings (SSSR count). The van der Waals surface area contributed by atoms with E-state index in [1.807, 2.05) is 6.92 Å². The molecule has 0 radical (unpaired) electrons. The SMILES string of the molecule is CCO[C@@H]1C[C@H](NC(=O)[C@@H]2CCC[C@@H](C)C2)[C@@H]1OC. The molecule has 2 saturated carbocycles. The maximum Gasteiger partial charge on any atom is 0.223 e. The van der Waals surface area contributed by atoms with Crippen LogP contribution in [-0.4, -0.2) is 37.9 Å². The molecule has 0 saturated heterocycles. The number of ether oxygens (including phenoxy) is 2. The summed E-state index contributed by atoms with van der Waals surface area (Å²) < 4.78 is 11.0. The highest BCUT2D eigenvalue weighted by atomic mass is 16.5. The normalized spacial score (nSPS) is 38.6. The monoisotopic (exact) mass is 269 g/mol.